The molecule has 1 saturated carbocycles. The summed E-state index contributed by atoms with van der Waals surface area (Å²) < 4.78 is 2.01. The van der Waals surface area contributed by atoms with E-state index < -0.39 is 0 Å². The van der Waals surface area contributed by atoms with Crippen LogP contribution in [0.15, 0.2) is 23.4 Å². The van der Waals surface area contributed by atoms with E-state index in [9.17, 15) is 4.79 Å². The molecule has 1 saturated heterocycles. The van der Waals surface area contributed by atoms with Crippen LogP contribution >= 0.6 is 0 Å². The number of H-pyrrole nitrogens is 2. The highest BCUT2D eigenvalue weighted by Crippen LogP contribution is 2.51. The van der Waals surface area contributed by atoms with Gasteiger partial charge in [0, 0.05) is 19.8 Å². The zero-order chi connectivity index (χ0) is 16.3. The molecular weight excluding hydrogens is 306 g/mol. The minimum Gasteiger partial charge on any atom is -0.344 e. The molecule has 124 valence electrons. The lowest BCUT2D eigenvalue weighted by Crippen LogP contribution is -2.28. The number of imidazole rings is 1. The highest BCUT2D eigenvalue weighted by atomic mass is 16.1. The second kappa shape index (κ2) is 4.93. The van der Waals surface area contributed by atoms with Gasteiger partial charge in [-0.2, -0.15) is 5.10 Å². The minimum absolute atomic E-state index is 0.0597. The molecule has 2 atom stereocenters. The Morgan fingerprint density at radius 3 is 2.88 bits per heavy atom. The lowest BCUT2D eigenvalue weighted by atomic mass is 9.94. The summed E-state index contributed by atoms with van der Waals surface area (Å²) in [6.07, 6.45) is 7.26. The maximum Gasteiger partial charge on any atom is 0.340 e. The second-order valence-corrected chi connectivity index (χ2v) is 6.85. The van der Waals surface area contributed by atoms with E-state index in [-0.39, 0.29) is 11.7 Å². The van der Waals surface area contributed by atoms with E-state index in [1.54, 1.807) is 6.20 Å². The largest absolute Gasteiger partial charge is 0.344 e. The third-order valence-electron chi connectivity index (χ3n) is 5.35. The number of anilines is 1. The number of aryl methyl sites for hydroxylation is 1. The molecule has 1 aliphatic heterocycles. The number of aromatic amines is 2. The van der Waals surface area contributed by atoms with Gasteiger partial charge in [-0.05, 0) is 37.2 Å². The maximum atomic E-state index is 11.6. The lowest BCUT2D eigenvalue weighted by Gasteiger charge is -2.27. The molecule has 0 radical (unpaired) electrons. The van der Waals surface area contributed by atoms with Gasteiger partial charge in [-0.15, -0.1) is 0 Å². The Labute approximate surface area is 137 Å². The standard InChI is InChI=1S/C16H19N7O/c1-22-8-18-11-4-6-17-15(13(11)22)23-7-5-10(9-2-3-9)12(23)14-19-16(24)21-20-14/h4,6,8-10,12H,2-3,5,7H2,1H3,(H2,19,20,21,24). The average molecular weight is 325 g/mol. The highest BCUT2D eigenvalue weighted by molar-refractivity contribution is 5.86. The van der Waals surface area contributed by atoms with E-state index in [0.29, 0.717) is 5.92 Å². The normalized spacial score (nSPS) is 24.1. The van der Waals surface area contributed by atoms with Gasteiger partial charge in [-0.25, -0.2) is 19.9 Å². The maximum absolute atomic E-state index is 11.6. The topological polar surface area (TPSA) is 95.5 Å². The van der Waals surface area contributed by atoms with E-state index in [4.69, 9.17) is 0 Å². The molecule has 0 aromatic carbocycles. The Kier molecular flexibility index (Phi) is 2.83. The SMILES string of the molecule is Cn1cnc2ccnc(N3CCC(C4CC4)C3c3n[nH]c(=O)[nH]3)c21. The van der Waals surface area contributed by atoms with Crippen LogP contribution < -0.4 is 10.6 Å². The summed E-state index contributed by atoms with van der Waals surface area (Å²) in [5.41, 5.74) is 1.71. The molecule has 3 aromatic heterocycles. The van der Waals surface area contributed by atoms with Crippen LogP contribution in [0.4, 0.5) is 5.82 Å². The van der Waals surface area contributed by atoms with Crippen LogP contribution in [0.5, 0.6) is 0 Å². The molecule has 4 heterocycles. The number of fused-ring (bicyclic) bond motifs is 1. The van der Waals surface area contributed by atoms with Gasteiger partial charge < -0.3 is 9.47 Å². The summed E-state index contributed by atoms with van der Waals surface area (Å²) in [6.45, 7) is 0.915. The number of hydrogen-bond donors (Lipinski definition) is 2. The fourth-order valence-corrected chi connectivity index (χ4v) is 4.14. The Morgan fingerprint density at radius 2 is 2.12 bits per heavy atom. The van der Waals surface area contributed by atoms with Crippen LogP contribution in [-0.4, -0.2) is 36.3 Å². The Hall–Kier alpha value is -2.64. The molecule has 3 aromatic rings. The van der Waals surface area contributed by atoms with Crippen molar-refractivity contribution in [1.29, 1.82) is 0 Å². The zero-order valence-electron chi connectivity index (χ0n) is 13.4. The van der Waals surface area contributed by atoms with Crippen molar-refractivity contribution in [3.05, 3.63) is 34.9 Å². The molecule has 2 aliphatic rings. The predicted octanol–water partition coefficient (Wildman–Crippen LogP) is 1.36. The van der Waals surface area contributed by atoms with Crippen LogP contribution in [0.25, 0.3) is 11.0 Å². The van der Waals surface area contributed by atoms with Gasteiger partial charge in [-0.1, -0.05) is 0 Å². The Balaban J connectivity index is 1.65. The Bertz CT molecular complexity index is 951. The monoisotopic (exact) mass is 325 g/mol. The van der Waals surface area contributed by atoms with Crippen molar-refractivity contribution in [2.24, 2.45) is 18.9 Å². The van der Waals surface area contributed by atoms with Crippen molar-refractivity contribution >= 4 is 16.9 Å². The number of nitrogens with one attached hydrogen (secondary N) is 2. The summed E-state index contributed by atoms with van der Waals surface area (Å²) in [5, 5.41) is 6.75. The second-order valence-electron chi connectivity index (χ2n) is 6.85. The molecule has 8 nitrogen and oxygen atoms in total. The quantitative estimate of drug-likeness (QED) is 0.758. The van der Waals surface area contributed by atoms with Crippen LogP contribution in [0, 0.1) is 11.8 Å². The number of nitrogens with zero attached hydrogens (tertiary/aromatic N) is 5. The first-order valence-electron chi connectivity index (χ1n) is 8.39. The molecule has 0 amide bonds. The smallest absolute Gasteiger partial charge is 0.340 e. The molecule has 0 bridgehead atoms. The van der Waals surface area contributed by atoms with E-state index >= 15 is 0 Å². The molecule has 8 heteroatoms. The highest BCUT2D eigenvalue weighted by Gasteiger charge is 2.46. The molecule has 24 heavy (non-hydrogen) atoms. The van der Waals surface area contributed by atoms with Crippen molar-refractivity contribution in [3.63, 3.8) is 0 Å². The average Bonchev–Trinajstić information content (AvgIpc) is 3.01. The fourth-order valence-electron chi connectivity index (χ4n) is 4.14. The molecule has 2 unspecified atom stereocenters. The number of aromatic nitrogens is 6. The van der Waals surface area contributed by atoms with Crippen molar-refractivity contribution in [3.8, 4) is 0 Å². The number of hydrogen-bond acceptors (Lipinski definition) is 5. The van der Waals surface area contributed by atoms with Crippen LogP contribution in [0.2, 0.25) is 0 Å². The molecule has 0 spiro atoms. The predicted molar refractivity (Wildman–Crippen MR) is 88.6 cm³/mol. The zero-order valence-corrected chi connectivity index (χ0v) is 13.4. The molecule has 1 aliphatic carbocycles. The van der Waals surface area contributed by atoms with E-state index in [1.807, 2.05) is 24.0 Å². The summed E-state index contributed by atoms with van der Waals surface area (Å²) in [5.74, 6) is 2.88. The van der Waals surface area contributed by atoms with Crippen molar-refractivity contribution in [2.45, 2.75) is 25.3 Å². The van der Waals surface area contributed by atoms with Gasteiger partial charge in [0.2, 0.25) is 0 Å². The molecule has 5 rings (SSSR count). The van der Waals surface area contributed by atoms with Crippen LogP contribution in [0.3, 0.4) is 0 Å². The number of pyridine rings is 1. The first-order chi connectivity index (χ1) is 11.7. The molecule has 2 fully saturated rings. The van der Waals surface area contributed by atoms with Gasteiger partial charge >= 0.3 is 5.69 Å². The summed E-state index contributed by atoms with van der Waals surface area (Å²) >= 11 is 0. The third kappa shape index (κ3) is 1.98. The van der Waals surface area contributed by atoms with E-state index in [2.05, 4.69) is 30.0 Å². The van der Waals surface area contributed by atoms with Crippen molar-refractivity contribution < 1.29 is 0 Å². The summed E-state index contributed by atoms with van der Waals surface area (Å²) in [6, 6.07) is 1.99. The van der Waals surface area contributed by atoms with Crippen molar-refractivity contribution in [2.75, 3.05) is 11.4 Å². The number of rotatable bonds is 3. The van der Waals surface area contributed by atoms with Gasteiger partial charge in [-0.3, -0.25) is 4.98 Å². The van der Waals surface area contributed by atoms with Crippen molar-refractivity contribution in [1.82, 2.24) is 29.7 Å². The summed E-state index contributed by atoms with van der Waals surface area (Å²) in [4.78, 5) is 25.8. The van der Waals surface area contributed by atoms with Crippen LogP contribution in [0.1, 0.15) is 31.1 Å². The molecular formula is C16H19N7O. The van der Waals surface area contributed by atoms with Gasteiger partial charge in [0.1, 0.15) is 5.52 Å². The van der Waals surface area contributed by atoms with E-state index in [1.165, 1.54) is 12.8 Å². The Morgan fingerprint density at radius 1 is 1.25 bits per heavy atom. The lowest BCUT2D eigenvalue weighted by molar-refractivity contribution is 0.414. The van der Waals surface area contributed by atoms with Gasteiger partial charge in [0.15, 0.2) is 11.6 Å². The summed E-state index contributed by atoms with van der Waals surface area (Å²) in [7, 11) is 1.99. The molecule has 2 N–H and O–H groups in total. The van der Waals surface area contributed by atoms with Gasteiger partial charge in [0.05, 0.1) is 17.9 Å². The fraction of sp³-hybridized carbons (Fsp3) is 0.500. The third-order valence-corrected chi connectivity index (χ3v) is 5.35. The van der Waals surface area contributed by atoms with Crippen LogP contribution in [-0.2, 0) is 7.05 Å². The van der Waals surface area contributed by atoms with Gasteiger partial charge in [0.25, 0.3) is 0 Å². The first-order valence-corrected chi connectivity index (χ1v) is 8.39. The minimum atomic E-state index is -0.252. The van der Waals surface area contributed by atoms with E-state index in [0.717, 1.165) is 41.6 Å². The first kappa shape index (κ1) is 13.8.